The van der Waals surface area contributed by atoms with Gasteiger partial charge in [0.05, 0.1) is 0 Å². The summed E-state index contributed by atoms with van der Waals surface area (Å²) in [7, 11) is 0. The molecule has 0 amide bonds. The molecule has 4 N–H and O–H groups in total. The standard InChI is InChI=1S/C11H16N6/c12-8-4-6-16(7-5-8)10-3-1-2-9-14-11(13)15-17(9)10/h1-3,8H,4-7,12H2,(H2,13,15). The van der Waals surface area contributed by atoms with Crippen LogP contribution in [0.1, 0.15) is 12.8 Å². The van der Waals surface area contributed by atoms with Gasteiger partial charge in [-0.15, -0.1) is 5.10 Å². The molecule has 0 aromatic carbocycles. The molecule has 90 valence electrons. The second-order valence-corrected chi connectivity index (χ2v) is 4.45. The van der Waals surface area contributed by atoms with Gasteiger partial charge in [0, 0.05) is 19.1 Å². The third kappa shape index (κ3) is 1.80. The van der Waals surface area contributed by atoms with Gasteiger partial charge in [-0.1, -0.05) is 6.07 Å². The second-order valence-electron chi connectivity index (χ2n) is 4.45. The van der Waals surface area contributed by atoms with E-state index in [9.17, 15) is 0 Å². The molecule has 1 fully saturated rings. The number of pyridine rings is 1. The first-order valence-corrected chi connectivity index (χ1v) is 5.86. The SMILES string of the molecule is Nc1nc2cccc(N3CCC(N)CC3)n2n1. The predicted molar refractivity (Wildman–Crippen MR) is 66.8 cm³/mol. The minimum Gasteiger partial charge on any atom is -0.366 e. The fourth-order valence-corrected chi connectivity index (χ4v) is 2.28. The van der Waals surface area contributed by atoms with Crippen LogP contribution in [0.4, 0.5) is 11.8 Å². The van der Waals surface area contributed by atoms with E-state index in [1.54, 1.807) is 4.52 Å². The molecule has 2 aromatic rings. The average Bonchev–Trinajstić information content (AvgIpc) is 2.70. The molecule has 1 aliphatic heterocycles. The van der Waals surface area contributed by atoms with Crippen LogP contribution in [0.15, 0.2) is 18.2 Å². The van der Waals surface area contributed by atoms with Gasteiger partial charge >= 0.3 is 0 Å². The highest BCUT2D eigenvalue weighted by Gasteiger charge is 2.18. The van der Waals surface area contributed by atoms with Crippen molar-refractivity contribution in [1.82, 2.24) is 14.6 Å². The Morgan fingerprint density at radius 2 is 2.00 bits per heavy atom. The minimum absolute atomic E-state index is 0.311. The minimum atomic E-state index is 0.311. The number of nitrogens with two attached hydrogens (primary N) is 2. The van der Waals surface area contributed by atoms with Gasteiger partial charge in [-0.05, 0) is 25.0 Å². The van der Waals surface area contributed by atoms with Gasteiger partial charge < -0.3 is 16.4 Å². The van der Waals surface area contributed by atoms with E-state index < -0.39 is 0 Å². The molecule has 6 heteroatoms. The monoisotopic (exact) mass is 232 g/mol. The lowest BCUT2D eigenvalue weighted by Gasteiger charge is -2.31. The quantitative estimate of drug-likeness (QED) is 0.735. The molecule has 6 nitrogen and oxygen atoms in total. The summed E-state index contributed by atoms with van der Waals surface area (Å²) in [5.74, 6) is 1.35. The molecule has 1 aliphatic rings. The van der Waals surface area contributed by atoms with Crippen LogP contribution in [0, 0.1) is 0 Å². The van der Waals surface area contributed by atoms with Crippen molar-refractivity contribution in [2.75, 3.05) is 23.7 Å². The Bertz CT molecular complexity index is 526. The van der Waals surface area contributed by atoms with E-state index in [0.29, 0.717) is 12.0 Å². The van der Waals surface area contributed by atoms with Crippen molar-refractivity contribution in [1.29, 1.82) is 0 Å². The molecule has 0 saturated carbocycles. The Balaban J connectivity index is 1.99. The number of rotatable bonds is 1. The Kier molecular flexibility index (Phi) is 2.36. The Morgan fingerprint density at radius 3 is 2.76 bits per heavy atom. The molecule has 0 atom stereocenters. The van der Waals surface area contributed by atoms with E-state index in [1.165, 1.54) is 0 Å². The fraction of sp³-hybridized carbons (Fsp3) is 0.455. The number of hydrogen-bond acceptors (Lipinski definition) is 5. The fourth-order valence-electron chi connectivity index (χ4n) is 2.28. The summed E-state index contributed by atoms with van der Waals surface area (Å²) in [4.78, 5) is 6.44. The van der Waals surface area contributed by atoms with Gasteiger partial charge in [0.25, 0.3) is 0 Å². The van der Waals surface area contributed by atoms with Gasteiger partial charge in [0.15, 0.2) is 5.65 Å². The number of aromatic nitrogens is 3. The van der Waals surface area contributed by atoms with E-state index in [0.717, 1.165) is 37.4 Å². The normalized spacial score (nSPS) is 17.8. The van der Waals surface area contributed by atoms with Crippen LogP contribution in [0.5, 0.6) is 0 Å². The van der Waals surface area contributed by atoms with Crippen LogP contribution in [0.25, 0.3) is 5.65 Å². The largest absolute Gasteiger partial charge is 0.366 e. The van der Waals surface area contributed by atoms with E-state index >= 15 is 0 Å². The lowest BCUT2D eigenvalue weighted by Crippen LogP contribution is -2.40. The van der Waals surface area contributed by atoms with Crippen molar-refractivity contribution in [3.8, 4) is 0 Å². The van der Waals surface area contributed by atoms with Crippen LogP contribution >= 0.6 is 0 Å². The zero-order valence-electron chi connectivity index (χ0n) is 9.58. The van der Waals surface area contributed by atoms with E-state index in [1.807, 2.05) is 18.2 Å². The summed E-state index contributed by atoms with van der Waals surface area (Å²) in [6, 6.07) is 6.25. The molecule has 2 aromatic heterocycles. The molecular formula is C11H16N6. The van der Waals surface area contributed by atoms with Crippen LogP contribution in [0.3, 0.4) is 0 Å². The number of piperidine rings is 1. The lowest BCUT2D eigenvalue weighted by atomic mass is 10.1. The average molecular weight is 232 g/mol. The van der Waals surface area contributed by atoms with Crippen molar-refractivity contribution in [3.05, 3.63) is 18.2 Å². The summed E-state index contributed by atoms with van der Waals surface area (Å²) in [5.41, 5.74) is 12.3. The molecular weight excluding hydrogens is 216 g/mol. The lowest BCUT2D eigenvalue weighted by molar-refractivity contribution is 0.496. The van der Waals surface area contributed by atoms with Crippen molar-refractivity contribution in [3.63, 3.8) is 0 Å². The van der Waals surface area contributed by atoms with Crippen molar-refractivity contribution >= 4 is 17.4 Å². The molecule has 1 saturated heterocycles. The molecule has 3 heterocycles. The summed E-state index contributed by atoms with van der Waals surface area (Å²) >= 11 is 0. The molecule has 0 spiro atoms. The van der Waals surface area contributed by atoms with Crippen molar-refractivity contribution in [2.45, 2.75) is 18.9 Å². The maximum Gasteiger partial charge on any atom is 0.240 e. The van der Waals surface area contributed by atoms with Crippen LogP contribution in [-0.4, -0.2) is 33.7 Å². The smallest absolute Gasteiger partial charge is 0.240 e. The predicted octanol–water partition coefficient (Wildman–Crippen LogP) is 0.239. The van der Waals surface area contributed by atoms with Crippen molar-refractivity contribution < 1.29 is 0 Å². The second kappa shape index (κ2) is 3.89. The number of hydrogen-bond donors (Lipinski definition) is 2. The molecule has 0 unspecified atom stereocenters. The first-order chi connectivity index (χ1) is 8.24. The first-order valence-electron chi connectivity index (χ1n) is 5.86. The van der Waals surface area contributed by atoms with Crippen LogP contribution in [-0.2, 0) is 0 Å². The third-order valence-electron chi connectivity index (χ3n) is 3.22. The Morgan fingerprint density at radius 1 is 1.24 bits per heavy atom. The maximum atomic E-state index is 5.91. The first kappa shape index (κ1) is 10.3. The topological polar surface area (TPSA) is 85.5 Å². The van der Waals surface area contributed by atoms with E-state index in [4.69, 9.17) is 11.5 Å². The summed E-state index contributed by atoms with van der Waals surface area (Å²) in [6.45, 7) is 1.92. The molecule has 0 bridgehead atoms. The zero-order chi connectivity index (χ0) is 11.8. The van der Waals surface area contributed by atoms with Crippen LogP contribution in [0.2, 0.25) is 0 Å². The highest BCUT2D eigenvalue weighted by molar-refractivity contribution is 5.52. The van der Waals surface area contributed by atoms with Gasteiger partial charge in [-0.25, -0.2) is 0 Å². The van der Waals surface area contributed by atoms with Crippen LogP contribution < -0.4 is 16.4 Å². The maximum absolute atomic E-state index is 5.91. The number of nitrogens with zero attached hydrogens (tertiary/aromatic N) is 4. The molecule has 0 aliphatic carbocycles. The highest BCUT2D eigenvalue weighted by Crippen LogP contribution is 2.20. The molecule has 3 rings (SSSR count). The zero-order valence-corrected chi connectivity index (χ0v) is 9.58. The summed E-state index contributed by atoms with van der Waals surface area (Å²) in [6.07, 6.45) is 2.03. The summed E-state index contributed by atoms with van der Waals surface area (Å²) < 4.78 is 1.80. The van der Waals surface area contributed by atoms with E-state index in [2.05, 4.69) is 15.0 Å². The van der Waals surface area contributed by atoms with E-state index in [-0.39, 0.29) is 0 Å². The highest BCUT2D eigenvalue weighted by atomic mass is 15.4. The number of anilines is 2. The van der Waals surface area contributed by atoms with Gasteiger partial charge in [-0.2, -0.15) is 9.50 Å². The number of fused-ring (bicyclic) bond motifs is 1. The number of nitrogen functional groups attached to an aromatic ring is 1. The third-order valence-corrected chi connectivity index (χ3v) is 3.22. The summed E-state index contributed by atoms with van der Waals surface area (Å²) in [5, 5.41) is 4.22. The Hall–Kier alpha value is -1.82. The van der Waals surface area contributed by atoms with Gasteiger partial charge in [0.2, 0.25) is 5.95 Å². The van der Waals surface area contributed by atoms with Crippen molar-refractivity contribution in [2.24, 2.45) is 5.73 Å². The molecule has 17 heavy (non-hydrogen) atoms. The molecule has 0 radical (unpaired) electrons. The van der Waals surface area contributed by atoms with Gasteiger partial charge in [0.1, 0.15) is 5.82 Å². The van der Waals surface area contributed by atoms with Gasteiger partial charge in [-0.3, -0.25) is 0 Å². The Labute approximate surface area is 99.2 Å².